The molecule has 1 aliphatic heterocycles. The zero-order valence-electron chi connectivity index (χ0n) is 10.7. The number of nitrogens with zero attached hydrogens (tertiary/aromatic N) is 1. The number of carbonyl (C=O) groups is 1. The van der Waals surface area contributed by atoms with E-state index in [9.17, 15) is 9.90 Å². The van der Waals surface area contributed by atoms with E-state index in [0.29, 0.717) is 5.56 Å². The maximum absolute atomic E-state index is 12.2. The maximum Gasteiger partial charge on any atom is 0.255 e. The number of benzene rings is 2. The van der Waals surface area contributed by atoms with Crippen molar-refractivity contribution >= 4 is 5.91 Å². The van der Waals surface area contributed by atoms with Gasteiger partial charge in [0.25, 0.3) is 5.91 Å². The summed E-state index contributed by atoms with van der Waals surface area (Å²) in [5.41, 5.74) is 2.58. The molecule has 96 valence electrons. The fourth-order valence-corrected chi connectivity index (χ4v) is 2.67. The SMILES string of the molecule is CN1C(=O)c2ccccc2C(c2ccccc2)C1O. The van der Waals surface area contributed by atoms with Gasteiger partial charge >= 0.3 is 0 Å². The van der Waals surface area contributed by atoms with E-state index in [1.54, 1.807) is 7.05 Å². The predicted molar refractivity (Wildman–Crippen MR) is 72.8 cm³/mol. The minimum atomic E-state index is -0.829. The van der Waals surface area contributed by atoms with Gasteiger partial charge in [-0.05, 0) is 17.2 Å². The first kappa shape index (κ1) is 11.9. The summed E-state index contributed by atoms with van der Waals surface area (Å²) in [5, 5.41) is 10.4. The van der Waals surface area contributed by atoms with Crippen LogP contribution in [-0.4, -0.2) is 29.2 Å². The molecule has 1 heterocycles. The molecule has 19 heavy (non-hydrogen) atoms. The molecule has 0 radical (unpaired) electrons. The average Bonchev–Trinajstić information content (AvgIpc) is 2.46. The molecule has 2 atom stereocenters. The third-order valence-electron chi connectivity index (χ3n) is 3.70. The van der Waals surface area contributed by atoms with Crippen LogP contribution in [0.2, 0.25) is 0 Å². The first-order chi connectivity index (χ1) is 9.20. The molecule has 1 N–H and O–H groups in total. The van der Waals surface area contributed by atoms with Crippen molar-refractivity contribution in [2.24, 2.45) is 0 Å². The van der Waals surface area contributed by atoms with Crippen LogP contribution in [0.3, 0.4) is 0 Å². The summed E-state index contributed by atoms with van der Waals surface area (Å²) >= 11 is 0. The average molecular weight is 253 g/mol. The van der Waals surface area contributed by atoms with Crippen molar-refractivity contribution in [3.8, 4) is 0 Å². The van der Waals surface area contributed by atoms with Crippen LogP contribution in [-0.2, 0) is 0 Å². The van der Waals surface area contributed by atoms with Crippen molar-refractivity contribution < 1.29 is 9.90 Å². The number of aliphatic hydroxyl groups is 1. The first-order valence-electron chi connectivity index (χ1n) is 6.29. The lowest BCUT2D eigenvalue weighted by molar-refractivity contribution is 0.00567. The van der Waals surface area contributed by atoms with Crippen LogP contribution in [0, 0.1) is 0 Å². The van der Waals surface area contributed by atoms with E-state index in [-0.39, 0.29) is 11.8 Å². The van der Waals surface area contributed by atoms with Gasteiger partial charge in [0.1, 0.15) is 6.23 Å². The Morgan fingerprint density at radius 3 is 2.37 bits per heavy atom. The number of hydrogen-bond donors (Lipinski definition) is 1. The molecule has 2 unspecified atom stereocenters. The highest BCUT2D eigenvalue weighted by molar-refractivity contribution is 5.97. The van der Waals surface area contributed by atoms with Crippen LogP contribution < -0.4 is 0 Å². The van der Waals surface area contributed by atoms with Gasteiger partial charge in [0.15, 0.2) is 0 Å². The molecule has 0 aliphatic carbocycles. The third kappa shape index (κ3) is 1.83. The highest BCUT2D eigenvalue weighted by atomic mass is 16.3. The number of rotatable bonds is 1. The number of likely N-dealkylation sites (N-methyl/N-ethyl adjacent to an activating group) is 1. The van der Waals surface area contributed by atoms with Crippen LogP contribution in [0.15, 0.2) is 54.6 Å². The lowest BCUT2D eigenvalue weighted by Crippen LogP contribution is -2.45. The molecule has 0 saturated carbocycles. The minimum absolute atomic E-state index is 0.129. The summed E-state index contributed by atoms with van der Waals surface area (Å²) in [6, 6.07) is 17.3. The van der Waals surface area contributed by atoms with Gasteiger partial charge in [-0.25, -0.2) is 0 Å². The summed E-state index contributed by atoms with van der Waals surface area (Å²) in [7, 11) is 1.64. The highest BCUT2D eigenvalue weighted by Gasteiger charge is 2.37. The minimum Gasteiger partial charge on any atom is -0.373 e. The van der Waals surface area contributed by atoms with Crippen molar-refractivity contribution in [1.82, 2.24) is 4.90 Å². The summed E-state index contributed by atoms with van der Waals surface area (Å²) in [6.07, 6.45) is -0.829. The van der Waals surface area contributed by atoms with Gasteiger partial charge in [-0.15, -0.1) is 0 Å². The quantitative estimate of drug-likeness (QED) is 0.846. The standard InChI is InChI=1S/C16H15NO2/c1-17-15(18)13-10-6-5-9-12(13)14(16(17)19)11-7-3-2-4-8-11/h2-10,14,16,19H,1H3. The second-order valence-corrected chi connectivity index (χ2v) is 4.81. The van der Waals surface area contributed by atoms with Crippen molar-refractivity contribution in [3.63, 3.8) is 0 Å². The smallest absolute Gasteiger partial charge is 0.255 e. The van der Waals surface area contributed by atoms with E-state index in [2.05, 4.69) is 0 Å². The van der Waals surface area contributed by atoms with Gasteiger partial charge in [0, 0.05) is 12.6 Å². The van der Waals surface area contributed by atoms with E-state index < -0.39 is 6.23 Å². The molecule has 3 rings (SSSR count). The molecule has 2 aromatic carbocycles. The Morgan fingerprint density at radius 2 is 1.63 bits per heavy atom. The van der Waals surface area contributed by atoms with E-state index in [1.165, 1.54) is 4.90 Å². The topological polar surface area (TPSA) is 40.5 Å². The molecular weight excluding hydrogens is 238 g/mol. The van der Waals surface area contributed by atoms with Gasteiger partial charge in [-0.1, -0.05) is 48.5 Å². The lowest BCUT2D eigenvalue weighted by Gasteiger charge is -2.37. The predicted octanol–water partition coefficient (Wildman–Crippen LogP) is 2.22. The third-order valence-corrected chi connectivity index (χ3v) is 3.70. The number of carbonyl (C=O) groups excluding carboxylic acids is 1. The van der Waals surface area contributed by atoms with E-state index in [4.69, 9.17) is 0 Å². The number of fused-ring (bicyclic) bond motifs is 1. The second kappa shape index (κ2) is 4.52. The Morgan fingerprint density at radius 1 is 1.00 bits per heavy atom. The maximum atomic E-state index is 12.2. The molecule has 2 aromatic rings. The molecule has 0 spiro atoms. The second-order valence-electron chi connectivity index (χ2n) is 4.81. The molecule has 1 aliphatic rings. The Balaban J connectivity index is 2.19. The molecule has 0 saturated heterocycles. The van der Waals surface area contributed by atoms with Crippen molar-refractivity contribution in [2.75, 3.05) is 7.05 Å². The zero-order chi connectivity index (χ0) is 13.4. The zero-order valence-corrected chi connectivity index (χ0v) is 10.7. The summed E-state index contributed by atoms with van der Waals surface area (Å²) in [5.74, 6) is -0.324. The van der Waals surface area contributed by atoms with Crippen molar-refractivity contribution in [2.45, 2.75) is 12.1 Å². The van der Waals surface area contributed by atoms with E-state index in [0.717, 1.165) is 11.1 Å². The molecule has 3 nitrogen and oxygen atoms in total. The Kier molecular flexibility index (Phi) is 2.84. The number of aliphatic hydroxyl groups excluding tert-OH is 1. The normalized spacial score (nSPS) is 22.2. The fourth-order valence-electron chi connectivity index (χ4n) is 2.67. The van der Waals surface area contributed by atoms with Gasteiger partial charge in [0.2, 0.25) is 0 Å². The summed E-state index contributed by atoms with van der Waals surface area (Å²) in [4.78, 5) is 13.6. The van der Waals surface area contributed by atoms with E-state index in [1.807, 2.05) is 54.6 Å². The van der Waals surface area contributed by atoms with Crippen LogP contribution in [0.25, 0.3) is 0 Å². The summed E-state index contributed by atoms with van der Waals surface area (Å²) < 4.78 is 0. The lowest BCUT2D eigenvalue weighted by atomic mass is 9.83. The van der Waals surface area contributed by atoms with E-state index >= 15 is 0 Å². The van der Waals surface area contributed by atoms with Gasteiger partial charge in [-0.2, -0.15) is 0 Å². The number of hydrogen-bond acceptors (Lipinski definition) is 2. The van der Waals surface area contributed by atoms with Gasteiger partial charge in [0.05, 0.1) is 5.92 Å². The van der Waals surface area contributed by atoms with Crippen LogP contribution in [0.4, 0.5) is 0 Å². The van der Waals surface area contributed by atoms with Gasteiger partial charge < -0.3 is 10.0 Å². The molecular formula is C16H15NO2. The Bertz CT molecular complexity index is 609. The number of amides is 1. The van der Waals surface area contributed by atoms with Crippen molar-refractivity contribution in [3.05, 3.63) is 71.3 Å². The van der Waals surface area contributed by atoms with Crippen molar-refractivity contribution in [1.29, 1.82) is 0 Å². The largest absolute Gasteiger partial charge is 0.373 e. The molecule has 0 fully saturated rings. The molecule has 0 bridgehead atoms. The fraction of sp³-hybridized carbons (Fsp3) is 0.188. The monoisotopic (exact) mass is 253 g/mol. The van der Waals surface area contributed by atoms with Crippen LogP contribution in [0.5, 0.6) is 0 Å². The summed E-state index contributed by atoms with van der Waals surface area (Å²) in [6.45, 7) is 0. The molecule has 0 aromatic heterocycles. The van der Waals surface area contributed by atoms with Crippen LogP contribution >= 0.6 is 0 Å². The molecule has 1 amide bonds. The highest BCUT2D eigenvalue weighted by Crippen LogP contribution is 2.36. The Labute approximate surface area is 112 Å². The van der Waals surface area contributed by atoms with Crippen LogP contribution in [0.1, 0.15) is 27.4 Å². The Hall–Kier alpha value is -2.13. The first-order valence-corrected chi connectivity index (χ1v) is 6.29. The van der Waals surface area contributed by atoms with Gasteiger partial charge in [-0.3, -0.25) is 4.79 Å². The molecule has 3 heteroatoms.